The number of nitrogens with one attached hydrogen (secondary N) is 1. The molecule has 5 aromatic rings. The Kier molecular flexibility index (Phi) is 5.97. The molecule has 208 valence electrons. The summed E-state index contributed by atoms with van der Waals surface area (Å²) in [4.78, 5) is 1.31. The molecule has 8 rings (SSSR count). The van der Waals surface area contributed by atoms with Crippen LogP contribution >= 0.6 is 11.8 Å². The van der Waals surface area contributed by atoms with Crippen LogP contribution in [0.4, 0.5) is 5.69 Å². The van der Waals surface area contributed by atoms with Crippen molar-refractivity contribution in [1.82, 2.24) is 0 Å². The Morgan fingerprint density at radius 3 is 2.24 bits per heavy atom. The third-order valence-electron chi connectivity index (χ3n) is 8.90. The van der Waals surface area contributed by atoms with Gasteiger partial charge in [0.05, 0.1) is 14.2 Å². The van der Waals surface area contributed by atoms with Gasteiger partial charge >= 0.3 is 0 Å². The van der Waals surface area contributed by atoms with Gasteiger partial charge in [-0.15, -0.1) is 11.8 Å². The molecule has 1 aliphatic carbocycles. The molecule has 42 heavy (non-hydrogen) atoms. The van der Waals surface area contributed by atoms with E-state index in [0.29, 0.717) is 0 Å². The second-order valence-corrected chi connectivity index (χ2v) is 12.2. The number of rotatable bonds is 4. The van der Waals surface area contributed by atoms with Gasteiger partial charge in [-0.1, -0.05) is 54.6 Å². The molecule has 0 unspecified atom stereocenters. The number of anilines is 1. The van der Waals surface area contributed by atoms with Gasteiger partial charge in [-0.2, -0.15) is 0 Å². The number of benzene rings is 5. The first kappa shape index (κ1) is 25.4. The highest BCUT2D eigenvalue weighted by molar-refractivity contribution is 7.99. The zero-order chi connectivity index (χ0) is 28.3. The zero-order valence-electron chi connectivity index (χ0n) is 23.7. The molecule has 0 fully saturated rings. The van der Waals surface area contributed by atoms with E-state index in [1.807, 2.05) is 36.0 Å². The summed E-state index contributed by atoms with van der Waals surface area (Å²) in [6.45, 7) is 0.960. The van der Waals surface area contributed by atoms with Crippen LogP contribution in [0.25, 0.3) is 28.0 Å². The molecule has 0 radical (unpaired) electrons. The summed E-state index contributed by atoms with van der Waals surface area (Å²) in [5, 5.41) is 6.05. The second-order valence-electron chi connectivity index (χ2n) is 11.1. The molecule has 3 aliphatic rings. The Bertz CT molecular complexity index is 1830. The third kappa shape index (κ3) is 3.83. The number of hydrogen-bond acceptors (Lipinski definition) is 5. The zero-order valence-corrected chi connectivity index (χ0v) is 24.5. The van der Waals surface area contributed by atoms with Gasteiger partial charge in [0, 0.05) is 45.0 Å². The van der Waals surface area contributed by atoms with E-state index >= 15 is 0 Å². The van der Waals surface area contributed by atoms with Crippen molar-refractivity contribution in [2.24, 2.45) is 0 Å². The number of fused-ring (bicyclic) bond motifs is 9. The number of aryl methyl sites for hydroxylation is 1. The van der Waals surface area contributed by atoms with Crippen molar-refractivity contribution in [1.29, 1.82) is 0 Å². The highest BCUT2D eigenvalue weighted by Gasteiger charge is 2.39. The van der Waals surface area contributed by atoms with Gasteiger partial charge in [-0.25, -0.2) is 0 Å². The fourth-order valence-corrected chi connectivity index (χ4v) is 7.72. The summed E-state index contributed by atoms with van der Waals surface area (Å²) in [6.07, 6.45) is 6.55. The molecule has 0 spiro atoms. The van der Waals surface area contributed by atoms with Crippen molar-refractivity contribution in [3.05, 3.63) is 119 Å². The van der Waals surface area contributed by atoms with Crippen LogP contribution in [0.2, 0.25) is 0 Å². The van der Waals surface area contributed by atoms with Crippen LogP contribution in [0.5, 0.6) is 17.2 Å². The van der Waals surface area contributed by atoms with E-state index in [-0.39, 0.29) is 0 Å². The summed E-state index contributed by atoms with van der Waals surface area (Å²) in [5.41, 5.74) is 9.12. The highest BCUT2D eigenvalue weighted by atomic mass is 32.2. The van der Waals surface area contributed by atoms with Crippen molar-refractivity contribution in [2.75, 3.05) is 31.8 Å². The summed E-state index contributed by atoms with van der Waals surface area (Å²) in [5.74, 6) is 3.64. The van der Waals surface area contributed by atoms with Crippen molar-refractivity contribution in [3.63, 3.8) is 0 Å². The smallest absolute Gasteiger partial charge is 0.178 e. The number of hydrogen-bond donors (Lipinski definition) is 1. The van der Waals surface area contributed by atoms with Gasteiger partial charge in [0.2, 0.25) is 0 Å². The number of ether oxygens (including phenoxy) is 3. The summed E-state index contributed by atoms with van der Waals surface area (Å²) < 4.78 is 18.4. The van der Waals surface area contributed by atoms with E-state index in [9.17, 15) is 0 Å². The normalized spacial score (nSPS) is 15.9. The first-order chi connectivity index (χ1) is 20.7. The van der Waals surface area contributed by atoms with Gasteiger partial charge in [0.25, 0.3) is 0 Å². The molecule has 0 amide bonds. The Labute approximate surface area is 250 Å². The first-order valence-electron chi connectivity index (χ1n) is 14.5. The molecule has 4 nitrogen and oxygen atoms in total. The topological polar surface area (TPSA) is 39.7 Å². The van der Waals surface area contributed by atoms with E-state index in [1.54, 1.807) is 14.2 Å². The lowest BCUT2D eigenvalue weighted by atomic mass is 9.77. The maximum atomic E-state index is 7.39. The first-order valence-corrected chi connectivity index (χ1v) is 15.5. The molecule has 0 saturated heterocycles. The van der Waals surface area contributed by atoms with E-state index in [4.69, 9.17) is 14.2 Å². The minimum Gasteiger partial charge on any atom is -0.497 e. The fraction of sp³-hybridized carbons (Fsp3) is 0.189. The summed E-state index contributed by atoms with van der Waals surface area (Å²) in [7, 11) is 3.39. The second kappa shape index (κ2) is 9.88. The Morgan fingerprint density at radius 2 is 1.52 bits per heavy atom. The van der Waals surface area contributed by atoms with Crippen molar-refractivity contribution in [3.8, 4) is 28.4 Å². The van der Waals surface area contributed by atoms with Crippen molar-refractivity contribution >= 4 is 34.3 Å². The molecule has 0 aromatic heterocycles. The van der Waals surface area contributed by atoms with Crippen molar-refractivity contribution < 1.29 is 14.2 Å². The number of methoxy groups -OCH3 is 2. The Balaban J connectivity index is 1.41. The minimum atomic E-state index is -0.822. The maximum Gasteiger partial charge on any atom is 0.178 e. The molecular formula is C37H31NO3S. The van der Waals surface area contributed by atoms with E-state index in [2.05, 4.69) is 78.1 Å². The predicted octanol–water partition coefficient (Wildman–Crippen LogP) is 8.49. The van der Waals surface area contributed by atoms with Crippen LogP contribution in [-0.2, 0) is 18.4 Å². The molecule has 2 aliphatic heterocycles. The van der Waals surface area contributed by atoms with Gasteiger partial charge in [0.1, 0.15) is 17.2 Å². The standard InChI is InChI=1S/C37H31NO3S/c1-39-26-12-8-24(9-13-26)37(25-10-14-27(40-2)15-11-25)18-17-30-29-16-7-23-5-3-4-6-28(23)35(29)31-22-34-33(38-19-20-42-34)21-32(31)36(30)41-37/h3-6,8-15,17-18,21-22,38H,7,16,19-20H2,1-2H3. The van der Waals surface area contributed by atoms with Crippen molar-refractivity contribution in [2.45, 2.75) is 23.3 Å². The predicted molar refractivity (Wildman–Crippen MR) is 172 cm³/mol. The lowest BCUT2D eigenvalue weighted by Crippen LogP contribution is -2.34. The molecule has 5 heteroatoms. The van der Waals surface area contributed by atoms with Crippen LogP contribution in [0.15, 0.2) is 95.9 Å². The number of thioether (sulfide) groups is 1. The molecular weight excluding hydrogens is 538 g/mol. The SMILES string of the molecule is COc1ccc(C2(c3ccc(OC)cc3)C=Cc3c4c(c5cc6c(cc5c3O2)NCCS6)-c2ccccc2CC4)cc1. The van der Waals surface area contributed by atoms with Crippen LogP contribution in [0.1, 0.15) is 27.8 Å². The van der Waals surface area contributed by atoms with Gasteiger partial charge < -0.3 is 19.5 Å². The minimum absolute atomic E-state index is 0.817. The largest absolute Gasteiger partial charge is 0.497 e. The summed E-state index contributed by atoms with van der Waals surface area (Å²) >= 11 is 1.93. The van der Waals surface area contributed by atoms with Crippen LogP contribution < -0.4 is 19.5 Å². The van der Waals surface area contributed by atoms with Gasteiger partial charge in [0.15, 0.2) is 5.60 Å². The maximum absolute atomic E-state index is 7.39. The van der Waals surface area contributed by atoms with Crippen LogP contribution in [0.3, 0.4) is 0 Å². The molecule has 5 aromatic carbocycles. The average Bonchev–Trinajstić information content (AvgIpc) is 3.07. The molecule has 0 bridgehead atoms. The highest BCUT2D eigenvalue weighted by Crippen LogP contribution is 2.53. The van der Waals surface area contributed by atoms with E-state index < -0.39 is 5.60 Å². The Hall–Kier alpha value is -4.35. The van der Waals surface area contributed by atoms with Crippen LogP contribution in [-0.4, -0.2) is 26.5 Å². The van der Waals surface area contributed by atoms with Gasteiger partial charge in [-0.05, 0) is 83.0 Å². The van der Waals surface area contributed by atoms with Crippen LogP contribution in [0, 0.1) is 0 Å². The molecule has 0 saturated carbocycles. The molecule has 1 N–H and O–H groups in total. The van der Waals surface area contributed by atoms with E-state index in [0.717, 1.165) is 58.9 Å². The summed E-state index contributed by atoms with van der Waals surface area (Å²) in [6, 6.07) is 30.1. The molecule has 0 atom stereocenters. The Morgan fingerprint density at radius 1 is 0.810 bits per heavy atom. The molecule has 2 heterocycles. The average molecular weight is 570 g/mol. The lowest BCUT2D eigenvalue weighted by Gasteiger charge is -2.38. The van der Waals surface area contributed by atoms with E-state index in [1.165, 1.54) is 43.8 Å². The van der Waals surface area contributed by atoms with Gasteiger partial charge in [-0.3, -0.25) is 0 Å². The fourth-order valence-electron chi connectivity index (χ4n) is 6.80. The lowest BCUT2D eigenvalue weighted by molar-refractivity contribution is 0.163. The monoisotopic (exact) mass is 569 g/mol. The third-order valence-corrected chi connectivity index (χ3v) is 9.95. The quantitative estimate of drug-likeness (QED) is 0.235.